The van der Waals surface area contributed by atoms with Crippen LogP contribution in [0, 0.1) is 0 Å². The van der Waals surface area contributed by atoms with Crippen molar-refractivity contribution in [3.05, 3.63) is 32.7 Å². The second-order valence-corrected chi connectivity index (χ2v) is 6.86. The fraction of sp³-hybridized carbons (Fsp3) is 0.500. The van der Waals surface area contributed by atoms with Gasteiger partial charge in [0.15, 0.2) is 0 Å². The summed E-state index contributed by atoms with van der Waals surface area (Å²) in [6.07, 6.45) is 1.90. The predicted molar refractivity (Wildman–Crippen MR) is 73.5 cm³/mol. The molecule has 0 saturated heterocycles. The maximum absolute atomic E-state index is 4.64. The average Bonchev–Trinajstić information content (AvgIpc) is 2.86. The maximum atomic E-state index is 4.64. The molecule has 0 aromatic carbocycles. The van der Waals surface area contributed by atoms with E-state index in [9.17, 15) is 0 Å². The molecule has 0 atom stereocenters. The molecule has 2 aromatic heterocycles. The van der Waals surface area contributed by atoms with E-state index in [-0.39, 0.29) is 5.41 Å². The van der Waals surface area contributed by atoms with E-state index in [1.165, 1.54) is 10.6 Å². The van der Waals surface area contributed by atoms with Crippen molar-refractivity contribution in [3.63, 3.8) is 0 Å². The van der Waals surface area contributed by atoms with Crippen molar-refractivity contribution in [2.24, 2.45) is 0 Å². The first-order valence-corrected chi connectivity index (χ1v) is 7.34. The highest BCUT2D eigenvalue weighted by molar-refractivity contribution is 7.09. The summed E-state index contributed by atoms with van der Waals surface area (Å²) < 4.78 is 0. The Kier molecular flexibility index (Phi) is 3.91. The maximum Gasteiger partial charge on any atom is 0.107 e. The van der Waals surface area contributed by atoms with Gasteiger partial charge in [0.25, 0.3) is 0 Å². The Morgan fingerprint density at radius 1 is 1.24 bits per heavy atom. The molecular weight excluding hydrogens is 250 g/mol. The minimum atomic E-state index is 0.145. The third-order valence-corrected chi connectivity index (χ3v) is 4.01. The van der Waals surface area contributed by atoms with E-state index in [0.29, 0.717) is 0 Å². The van der Waals surface area contributed by atoms with Crippen molar-refractivity contribution >= 4 is 22.7 Å². The lowest BCUT2D eigenvalue weighted by Crippen LogP contribution is -2.14. The zero-order valence-corrected chi connectivity index (χ0v) is 12.0. The van der Waals surface area contributed by atoms with Gasteiger partial charge >= 0.3 is 0 Å². The Balaban J connectivity index is 1.85. The minimum Gasteiger partial charge on any atom is -0.305 e. The summed E-state index contributed by atoms with van der Waals surface area (Å²) in [5.74, 6) is 0. The van der Waals surface area contributed by atoms with Crippen molar-refractivity contribution in [1.82, 2.24) is 15.3 Å². The molecule has 3 nitrogen and oxygen atoms in total. The molecule has 0 bridgehead atoms. The molecule has 0 amide bonds. The van der Waals surface area contributed by atoms with Gasteiger partial charge in [-0.2, -0.15) is 0 Å². The van der Waals surface area contributed by atoms with Gasteiger partial charge in [0, 0.05) is 35.0 Å². The number of rotatable bonds is 4. The van der Waals surface area contributed by atoms with Crippen molar-refractivity contribution in [3.8, 4) is 0 Å². The molecule has 0 unspecified atom stereocenters. The van der Waals surface area contributed by atoms with Crippen LogP contribution in [0.4, 0.5) is 0 Å². The minimum absolute atomic E-state index is 0.145. The zero-order chi connectivity index (χ0) is 12.3. The molecule has 0 aliphatic carbocycles. The summed E-state index contributed by atoms with van der Waals surface area (Å²) in [6.45, 7) is 8.28. The molecule has 92 valence electrons. The molecule has 1 N–H and O–H groups in total. The smallest absolute Gasteiger partial charge is 0.107 e. The molecule has 5 heteroatoms. The summed E-state index contributed by atoms with van der Waals surface area (Å²) in [5.41, 5.74) is 3.18. The number of nitrogens with one attached hydrogen (secondary N) is 1. The summed E-state index contributed by atoms with van der Waals surface area (Å²) in [7, 11) is 0. The molecule has 2 heterocycles. The fourth-order valence-electron chi connectivity index (χ4n) is 1.36. The highest BCUT2D eigenvalue weighted by atomic mass is 32.1. The van der Waals surface area contributed by atoms with E-state index < -0.39 is 0 Å². The van der Waals surface area contributed by atoms with Crippen LogP contribution in [0.2, 0.25) is 0 Å². The highest BCUT2D eigenvalue weighted by Crippen LogP contribution is 2.23. The van der Waals surface area contributed by atoms with Crippen LogP contribution in [0.15, 0.2) is 17.1 Å². The molecule has 17 heavy (non-hydrogen) atoms. The first kappa shape index (κ1) is 12.7. The zero-order valence-electron chi connectivity index (χ0n) is 10.4. The number of thiazole rings is 2. The molecule has 0 aliphatic rings. The monoisotopic (exact) mass is 267 g/mol. The summed E-state index contributed by atoms with van der Waals surface area (Å²) in [4.78, 5) is 9.96. The first-order valence-electron chi connectivity index (χ1n) is 5.58. The highest BCUT2D eigenvalue weighted by Gasteiger charge is 2.17. The molecule has 2 aromatic rings. The lowest BCUT2D eigenvalue weighted by Gasteiger charge is -2.14. The van der Waals surface area contributed by atoms with Crippen molar-refractivity contribution < 1.29 is 0 Å². The molecule has 0 radical (unpaired) electrons. The van der Waals surface area contributed by atoms with E-state index in [1.54, 1.807) is 22.7 Å². The van der Waals surface area contributed by atoms with Crippen LogP contribution in [-0.4, -0.2) is 9.97 Å². The normalized spacial score (nSPS) is 11.9. The van der Waals surface area contributed by atoms with Gasteiger partial charge in [0.1, 0.15) is 5.01 Å². The van der Waals surface area contributed by atoms with Crippen LogP contribution in [0.3, 0.4) is 0 Å². The number of nitrogens with zero attached hydrogens (tertiary/aromatic N) is 2. The molecule has 0 aliphatic heterocycles. The topological polar surface area (TPSA) is 37.8 Å². The third kappa shape index (κ3) is 3.59. The van der Waals surface area contributed by atoms with Crippen LogP contribution in [0.5, 0.6) is 0 Å². The van der Waals surface area contributed by atoms with Gasteiger partial charge in [-0.05, 0) is 0 Å². The van der Waals surface area contributed by atoms with Crippen LogP contribution in [-0.2, 0) is 18.5 Å². The van der Waals surface area contributed by atoms with Crippen LogP contribution in [0.1, 0.15) is 36.3 Å². The lowest BCUT2D eigenvalue weighted by molar-refractivity contribution is 0.568. The van der Waals surface area contributed by atoms with Crippen molar-refractivity contribution in [2.45, 2.75) is 39.3 Å². The van der Waals surface area contributed by atoms with Gasteiger partial charge in [-0.3, -0.25) is 4.98 Å². The molecule has 0 fully saturated rings. The quantitative estimate of drug-likeness (QED) is 0.924. The van der Waals surface area contributed by atoms with E-state index >= 15 is 0 Å². The summed E-state index contributed by atoms with van der Waals surface area (Å²) in [6, 6.07) is 0. The molecule has 0 saturated carbocycles. The van der Waals surface area contributed by atoms with Crippen LogP contribution in [0.25, 0.3) is 0 Å². The van der Waals surface area contributed by atoms with Crippen molar-refractivity contribution in [2.75, 3.05) is 0 Å². The van der Waals surface area contributed by atoms with Crippen LogP contribution >= 0.6 is 22.7 Å². The lowest BCUT2D eigenvalue weighted by atomic mass is 9.93. The van der Waals surface area contributed by atoms with Crippen molar-refractivity contribution in [1.29, 1.82) is 0 Å². The molecular formula is C12H17N3S2. The SMILES string of the molecule is CC(C)(C)c1csc(CNCc2cncs2)n1. The standard InChI is InChI=1S/C12H17N3S2/c1-12(2,3)10-7-16-11(15-10)6-13-4-9-5-14-8-17-9/h5,7-8,13H,4,6H2,1-3H3. The van der Waals surface area contributed by atoms with E-state index in [4.69, 9.17) is 0 Å². The average molecular weight is 267 g/mol. The van der Waals surface area contributed by atoms with Gasteiger partial charge in [-0.25, -0.2) is 4.98 Å². The Hall–Kier alpha value is -0.780. The molecule has 0 spiro atoms. The van der Waals surface area contributed by atoms with Gasteiger partial charge < -0.3 is 5.32 Å². The predicted octanol–water partition coefficient (Wildman–Crippen LogP) is 3.19. The van der Waals surface area contributed by atoms with Gasteiger partial charge in [0.2, 0.25) is 0 Å². The third-order valence-electron chi connectivity index (χ3n) is 2.38. The number of hydrogen-bond donors (Lipinski definition) is 1. The Morgan fingerprint density at radius 3 is 2.65 bits per heavy atom. The largest absolute Gasteiger partial charge is 0.305 e. The molecule has 2 rings (SSSR count). The van der Waals surface area contributed by atoms with Gasteiger partial charge in [-0.15, -0.1) is 22.7 Å². The second kappa shape index (κ2) is 5.25. The van der Waals surface area contributed by atoms with E-state index in [2.05, 4.69) is 41.4 Å². The number of hydrogen-bond acceptors (Lipinski definition) is 5. The fourth-order valence-corrected chi connectivity index (χ4v) is 2.91. The summed E-state index contributed by atoms with van der Waals surface area (Å²) >= 11 is 3.40. The summed E-state index contributed by atoms with van der Waals surface area (Å²) in [5, 5.41) is 6.70. The van der Waals surface area contributed by atoms with Crippen LogP contribution < -0.4 is 5.32 Å². The van der Waals surface area contributed by atoms with E-state index in [1.807, 2.05) is 11.7 Å². The number of aromatic nitrogens is 2. The van der Waals surface area contributed by atoms with Gasteiger partial charge in [0.05, 0.1) is 11.2 Å². The Bertz CT molecular complexity index is 454. The van der Waals surface area contributed by atoms with Gasteiger partial charge in [-0.1, -0.05) is 20.8 Å². The first-order chi connectivity index (χ1) is 8.05. The van der Waals surface area contributed by atoms with E-state index in [0.717, 1.165) is 18.1 Å². The Labute approximate surface area is 110 Å². The Morgan fingerprint density at radius 2 is 2.06 bits per heavy atom. The second-order valence-electron chi connectivity index (χ2n) is 4.95.